The van der Waals surface area contributed by atoms with Crippen molar-refractivity contribution in [3.05, 3.63) is 86.8 Å². The number of carbonyl (C=O) groups is 1. The van der Waals surface area contributed by atoms with E-state index in [1.807, 2.05) is 57.2 Å². The molecule has 1 N–H and O–H groups in total. The first-order chi connectivity index (χ1) is 15.4. The van der Waals surface area contributed by atoms with Crippen molar-refractivity contribution in [1.29, 1.82) is 0 Å². The number of nitrogens with zero attached hydrogens (tertiary/aromatic N) is 2. The van der Waals surface area contributed by atoms with Gasteiger partial charge in [-0.15, -0.1) is 11.3 Å². The van der Waals surface area contributed by atoms with Crippen LogP contribution in [-0.4, -0.2) is 21.9 Å². The quantitative estimate of drug-likeness (QED) is 0.455. The van der Waals surface area contributed by atoms with Crippen molar-refractivity contribution in [2.24, 2.45) is 0 Å². The Bertz CT molecular complexity index is 1340. The molecule has 0 fully saturated rings. The first-order valence-corrected chi connectivity index (χ1v) is 10.9. The lowest BCUT2D eigenvalue weighted by atomic mass is 10.2. The van der Waals surface area contributed by atoms with Crippen LogP contribution in [0.2, 0.25) is 0 Å². The van der Waals surface area contributed by atoms with Crippen LogP contribution in [0.25, 0.3) is 4.96 Å². The summed E-state index contributed by atoms with van der Waals surface area (Å²) in [5.41, 5.74) is 2.94. The highest BCUT2D eigenvalue weighted by atomic mass is 32.1. The van der Waals surface area contributed by atoms with Crippen LogP contribution in [0.4, 0.5) is 5.69 Å². The Morgan fingerprint density at radius 1 is 1.06 bits per heavy atom. The maximum atomic E-state index is 12.5. The first kappa shape index (κ1) is 21.6. The van der Waals surface area contributed by atoms with Crippen molar-refractivity contribution in [3.8, 4) is 11.5 Å². The van der Waals surface area contributed by atoms with Crippen LogP contribution in [0.15, 0.2) is 59.5 Å². The lowest BCUT2D eigenvalue weighted by molar-refractivity contribution is -0.118. The zero-order valence-electron chi connectivity index (χ0n) is 18.0. The summed E-state index contributed by atoms with van der Waals surface area (Å²) in [6.07, 6.45) is 1.77. The minimum atomic E-state index is -0.297. The second-order valence-electron chi connectivity index (χ2n) is 7.52. The van der Waals surface area contributed by atoms with E-state index in [0.717, 1.165) is 16.0 Å². The van der Waals surface area contributed by atoms with Crippen LogP contribution < -0.4 is 20.3 Å². The Labute approximate surface area is 189 Å². The van der Waals surface area contributed by atoms with Gasteiger partial charge in [0.1, 0.15) is 18.1 Å². The summed E-state index contributed by atoms with van der Waals surface area (Å²) in [7, 11) is 0. The average Bonchev–Trinajstić information content (AvgIpc) is 3.13. The second-order valence-corrected chi connectivity index (χ2v) is 8.73. The summed E-state index contributed by atoms with van der Waals surface area (Å²) in [6, 6.07) is 14.5. The molecule has 8 heteroatoms. The molecule has 0 spiro atoms. The molecule has 4 aromatic rings. The number of carbonyl (C=O) groups excluding carboxylic acids is 1. The molecular formula is C24H23N3O4S. The third-order valence-electron chi connectivity index (χ3n) is 4.68. The molecule has 32 heavy (non-hydrogen) atoms. The largest absolute Gasteiger partial charge is 0.485 e. The highest BCUT2D eigenvalue weighted by Gasteiger charge is 2.11. The summed E-state index contributed by atoms with van der Waals surface area (Å²) >= 11 is 1.45. The molecule has 0 saturated heterocycles. The van der Waals surface area contributed by atoms with E-state index in [4.69, 9.17) is 9.47 Å². The minimum Gasteiger partial charge on any atom is -0.485 e. The van der Waals surface area contributed by atoms with Gasteiger partial charge in [-0.05, 0) is 56.2 Å². The Hall–Kier alpha value is -3.65. The van der Waals surface area contributed by atoms with Gasteiger partial charge in [0.15, 0.2) is 11.6 Å². The molecule has 4 rings (SSSR count). The van der Waals surface area contributed by atoms with Crippen LogP contribution in [0.1, 0.15) is 21.7 Å². The number of hydrogen-bond donors (Lipinski definition) is 1. The Kier molecular flexibility index (Phi) is 6.23. The molecule has 0 radical (unpaired) electrons. The van der Waals surface area contributed by atoms with Gasteiger partial charge in [0.05, 0.1) is 11.4 Å². The predicted molar refractivity (Wildman–Crippen MR) is 125 cm³/mol. The van der Waals surface area contributed by atoms with E-state index in [9.17, 15) is 9.59 Å². The first-order valence-electron chi connectivity index (χ1n) is 10.1. The smallest absolute Gasteiger partial charge is 0.262 e. The molecule has 7 nitrogen and oxygen atoms in total. The molecule has 2 aromatic heterocycles. The molecule has 0 saturated carbocycles. The molecular weight excluding hydrogens is 426 g/mol. The zero-order valence-corrected chi connectivity index (χ0v) is 18.9. The molecule has 0 aliphatic heterocycles. The van der Waals surface area contributed by atoms with Crippen LogP contribution in [0, 0.1) is 20.8 Å². The van der Waals surface area contributed by atoms with E-state index in [1.54, 1.807) is 12.3 Å². The highest BCUT2D eigenvalue weighted by Crippen LogP contribution is 2.26. The Balaban J connectivity index is 1.45. The summed E-state index contributed by atoms with van der Waals surface area (Å²) in [4.78, 5) is 30.9. The maximum Gasteiger partial charge on any atom is 0.262 e. The van der Waals surface area contributed by atoms with Crippen molar-refractivity contribution in [2.45, 2.75) is 27.4 Å². The van der Waals surface area contributed by atoms with Gasteiger partial charge in [0.2, 0.25) is 0 Å². The van der Waals surface area contributed by atoms with E-state index in [-0.39, 0.29) is 24.7 Å². The number of hydrogen-bond acceptors (Lipinski definition) is 6. The van der Waals surface area contributed by atoms with Crippen LogP contribution in [0.3, 0.4) is 0 Å². The standard InChI is InChI=1S/C24H23N3O4S/c1-15-5-4-6-19(9-15)30-14-22(28)26-20-10-16(2)7-8-21(20)31-13-18-11-23(29)27-12-17(3)32-24(27)25-18/h4-12H,13-14H2,1-3H3,(H,26,28). The monoisotopic (exact) mass is 449 g/mol. The summed E-state index contributed by atoms with van der Waals surface area (Å²) in [5.74, 6) is 0.829. The molecule has 1 amide bonds. The topological polar surface area (TPSA) is 81.9 Å². The van der Waals surface area contributed by atoms with Crippen molar-refractivity contribution >= 4 is 27.9 Å². The van der Waals surface area contributed by atoms with E-state index in [1.165, 1.54) is 21.8 Å². The summed E-state index contributed by atoms with van der Waals surface area (Å²) < 4.78 is 13.0. The number of thiazole rings is 1. The van der Waals surface area contributed by atoms with Gasteiger partial charge >= 0.3 is 0 Å². The molecule has 164 valence electrons. The Morgan fingerprint density at radius 2 is 1.88 bits per heavy atom. The summed E-state index contributed by atoms with van der Waals surface area (Å²) in [5, 5.41) is 2.84. The van der Waals surface area contributed by atoms with E-state index < -0.39 is 0 Å². The fourth-order valence-electron chi connectivity index (χ4n) is 3.19. The zero-order chi connectivity index (χ0) is 22.7. The number of rotatable bonds is 7. The molecule has 0 atom stereocenters. The number of anilines is 1. The molecule has 0 aliphatic rings. The average molecular weight is 450 g/mol. The highest BCUT2D eigenvalue weighted by molar-refractivity contribution is 7.16. The van der Waals surface area contributed by atoms with Crippen LogP contribution in [0.5, 0.6) is 11.5 Å². The van der Waals surface area contributed by atoms with E-state index in [0.29, 0.717) is 27.8 Å². The van der Waals surface area contributed by atoms with E-state index >= 15 is 0 Å². The molecule has 0 aliphatic carbocycles. The number of fused-ring (bicyclic) bond motifs is 1. The fourth-order valence-corrected chi connectivity index (χ4v) is 4.04. The molecule has 2 aromatic carbocycles. The number of aryl methyl sites for hydroxylation is 3. The van der Waals surface area contributed by atoms with Gasteiger partial charge in [-0.3, -0.25) is 14.0 Å². The SMILES string of the molecule is Cc1cccc(OCC(=O)Nc2cc(C)ccc2OCc2cc(=O)n3cc(C)sc3n2)c1. The van der Waals surface area contributed by atoms with Gasteiger partial charge in [0, 0.05) is 17.1 Å². The normalized spacial score (nSPS) is 10.8. The number of amides is 1. The van der Waals surface area contributed by atoms with Gasteiger partial charge in [-0.2, -0.15) is 0 Å². The van der Waals surface area contributed by atoms with Crippen molar-refractivity contribution in [3.63, 3.8) is 0 Å². The van der Waals surface area contributed by atoms with Crippen molar-refractivity contribution in [1.82, 2.24) is 9.38 Å². The number of ether oxygens (including phenoxy) is 2. The van der Waals surface area contributed by atoms with Crippen molar-refractivity contribution < 1.29 is 14.3 Å². The third-order valence-corrected chi connectivity index (χ3v) is 5.58. The molecule has 0 unspecified atom stereocenters. The minimum absolute atomic E-state index is 0.106. The number of benzene rings is 2. The van der Waals surface area contributed by atoms with Gasteiger partial charge in [-0.25, -0.2) is 4.98 Å². The lowest BCUT2D eigenvalue weighted by Gasteiger charge is -2.14. The van der Waals surface area contributed by atoms with E-state index in [2.05, 4.69) is 10.3 Å². The van der Waals surface area contributed by atoms with Crippen molar-refractivity contribution in [2.75, 3.05) is 11.9 Å². The lowest BCUT2D eigenvalue weighted by Crippen LogP contribution is -2.21. The predicted octanol–water partition coefficient (Wildman–Crippen LogP) is 4.28. The summed E-state index contributed by atoms with van der Waals surface area (Å²) in [6.45, 7) is 5.80. The number of nitrogens with one attached hydrogen (secondary N) is 1. The maximum absolute atomic E-state index is 12.5. The van der Waals surface area contributed by atoms with Gasteiger partial charge < -0.3 is 14.8 Å². The number of aromatic nitrogens is 2. The second kappa shape index (κ2) is 9.23. The van der Waals surface area contributed by atoms with Gasteiger partial charge in [-0.1, -0.05) is 18.2 Å². The molecule has 2 heterocycles. The van der Waals surface area contributed by atoms with Gasteiger partial charge in [0.25, 0.3) is 11.5 Å². The Morgan fingerprint density at radius 3 is 2.69 bits per heavy atom. The molecule has 0 bridgehead atoms. The van der Waals surface area contributed by atoms with Crippen LogP contribution >= 0.6 is 11.3 Å². The third kappa shape index (κ3) is 5.15. The fraction of sp³-hybridized carbons (Fsp3) is 0.208. The van der Waals surface area contributed by atoms with Crippen LogP contribution in [-0.2, 0) is 11.4 Å².